The first kappa shape index (κ1) is 22.4. The Morgan fingerprint density at radius 3 is 2.22 bits per heavy atom. The summed E-state index contributed by atoms with van der Waals surface area (Å²) in [7, 11) is 0. The van der Waals surface area contributed by atoms with Crippen LogP contribution in [-0.2, 0) is 16.9 Å². The standard InChI is InChI=1S/C27H26BrNO3/c1-16-12-17(2)19(4)25(18(16)3)24(30)14-27(32)22-13-21(28)10-11-23(22)29(26(27)31)15-20-8-6-5-7-9-20/h5-13,32H,14-15H2,1-4H3/t27-/m0/s1. The molecule has 0 bridgehead atoms. The van der Waals surface area contributed by atoms with Crippen LogP contribution in [-0.4, -0.2) is 16.8 Å². The molecule has 0 radical (unpaired) electrons. The number of rotatable bonds is 5. The number of hydrogen-bond donors (Lipinski definition) is 1. The molecule has 5 heteroatoms. The molecule has 1 N–H and O–H groups in total. The highest BCUT2D eigenvalue weighted by atomic mass is 79.9. The van der Waals surface area contributed by atoms with E-state index < -0.39 is 11.5 Å². The number of benzene rings is 3. The van der Waals surface area contributed by atoms with Crippen molar-refractivity contribution in [3.8, 4) is 0 Å². The Morgan fingerprint density at radius 1 is 0.969 bits per heavy atom. The van der Waals surface area contributed by atoms with Crippen molar-refractivity contribution in [1.29, 1.82) is 0 Å². The third-order valence-electron chi connectivity index (χ3n) is 6.54. The largest absolute Gasteiger partial charge is 0.375 e. The molecule has 1 heterocycles. The summed E-state index contributed by atoms with van der Waals surface area (Å²) in [5.74, 6) is -0.697. The predicted molar refractivity (Wildman–Crippen MR) is 130 cm³/mol. The Kier molecular flexibility index (Phi) is 5.82. The SMILES string of the molecule is Cc1cc(C)c(C)c(C(=O)C[C@@]2(O)C(=O)N(Cc3ccccc3)c3ccc(Br)cc32)c1C. The van der Waals surface area contributed by atoms with Gasteiger partial charge in [0.25, 0.3) is 5.91 Å². The van der Waals surface area contributed by atoms with Crippen LogP contribution in [0.25, 0.3) is 0 Å². The number of anilines is 1. The van der Waals surface area contributed by atoms with Gasteiger partial charge in [-0.15, -0.1) is 0 Å². The van der Waals surface area contributed by atoms with E-state index in [4.69, 9.17) is 0 Å². The van der Waals surface area contributed by atoms with Gasteiger partial charge in [-0.05, 0) is 73.7 Å². The lowest BCUT2D eigenvalue weighted by atomic mass is 9.84. The minimum atomic E-state index is -1.92. The van der Waals surface area contributed by atoms with Crippen molar-refractivity contribution in [3.05, 3.63) is 98.0 Å². The van der Waals surface area contributed by atoms with E-state index in [2.05, 4.69) is 22.0 Å². The zero-order valence-electron chi connectivity index (χ0n) is 18.7. The average Bonchev–Trinajstić information content (AvgIpc) is 2.94. The van der Waals surface area contributed by atoms with Crippen LogP contribution in [0.4, 0.5) is 5.69 Å². The lowest BCUT2D eigenvalue weighted by molar-refractivity contribution is -0.136. The fourth-order valence-electron chi connectivity index (χ4n) is 4.57. The van der Waals surface area contributed by atoms with E-state index in [1.807, 2.05) is 70.2 Å². The molecule has 0 saturated carbocycles. The van der Waals surface area contributed by atoms with E-state index in [9.17, 15) is 14.7 Å². The molecule has 1 aliphatic heterocycles. The van der Waals surface area contributed by atoms with Crippen molar-refractivity contribution in [2.24, 2.45) is 0 Å². The number of fused-ring (bicyclic) bond motifs is 1. The van der Waals surface area contributed by atoms with E-state index in [0.29, 0.717) is 23.4 Å². The number of Topliss-reactive ketones (excluding diaryl/α,β-unsaturated/α-hetero) is 1. The van der Waals surface area contributed by atoms with Gasteiger partial charge in [-0.3, -0.25) is 9.59 Å². The molecule has 1 aliphatic rings. The molecule has 1 atom stereocenters. The lowest BCUT2D eigenvalue weighted by Gasteiger charge is -2.24. The summed E-state index contributed by atoms with van der Waals surface area (Å²) in [5.41, 5.74) is 4.55. The van der Waals surface area contributed by atoms with Gasteiger partial charge < -0.3 is 10.0 Å². The first-order chi connectivity index (χ1) is 15.1. The number of nitrogens with zero attached hydrogens (tertiary/aromatic N) is 1. The summed E-state index contributed by atoms with van der Waals surface area (Å²) in [5, 5.41) is 11.7. The van der Waals surface area contributed by atoms with Crippen molar-refractivity contribution in [2.45, 2.75) is 46.3 Å². The van der Waals surface area contributed by atoms with Gasteiger partial charge in [0.15, 0.2) is 11.4 Å². The van der Waals surface area contributed by atoms with Crippen LogP contribution in [0.1, 0.15) is 50.2 Å². The zero-order chi connectivity index (χ0) is 23.2. The molecule has 0 unspecified atom stereocenters. The molecule has 0 saturated heterocycles. The third-order valence-corrected chi connectivity index (χ3v) is 7.03. The Labute approximate surface area is 197 Å². The van der Waals surface area contributed by atoms with E-state index in [0.717, 1.165) is 32.3 Å². The number of aryl methyl sites for hydroxylation is 2. The third kappa shape index (κ3) is 3.70. The molecule has 0 aliphatic carbocycles. The summed E-state index contributed by atoms with van der Waals surface area (Å²) < 4.78 is 0.746. The molecule has 1 amide bonds. The number of carbonyl (C=O) groups excluding carboxylic acids is 2. The normalized spacial score (nSPS) is 17.6. The second-order valence-electron chi connectivity index (χ2n) is 8.63. The Bertz CT molecular complexity index is 1210. The number of hydrogen-bond acceptors (Lipinski definition) is 3. The van der Waals surface area contributed by atoms with Gasteiger partial charge in [0.05, 0.1) is 18.7 Å². The number of halogens is 1. The molecule has 3 aromatic carbocycles. The van der Waals surface area contributed by atoms with Crippen LogP contribution in [0.15, 0.2) is 59.1 Å². The number of ketones is 1. The first-order valence-corrected chi connectivity index (χ1v) is 11.4. The Morgan fingerprint density at radius 2 is 1.59 bits per heavy atom. The number of carbonyl (C=O) groups is 2. The summed E-state index contributed by atoms with van der Waals surface area (Å²) in [6, 6.07) is 17.1. The summed E-state index contributed by atoms with van der Waals surface area (Å²) in [6.07, 6.45) is -0.300. The first-order valence-electron chi connectivity index (χ1n) is 10.6. The Balaban J connectivity index is 1.77. The van der Waals surface area contributed by atoms with Crippen LogP contribution in [0.2, 0.25) is 0 Å². The minimum absolute atomic E-state index is 0.227. The zero-order valence-corrected chi connectivity index (χ0v) is 20.3. The maximum Gasteiger partial charge on any atom is 0.264 e. The molecular formula is C27H26BrNO3. The molecule has 4 rings (SSSR count). The monoisotopic (exact) mass is 491 g/mol. The smallest absolute Gasteiger partial charge is 0.264 e. The average molecular weight is 492 g/mol. The number of aliphatic hydroxyl groups is 1. The second-order valence-corrected chi connectivity index (χ2v) is 9.55. The van der Waals surface area contributed by atoms with Gasteiger partial charge in [-0.2, -0.15) is 0 Å². The van der Waals surface area contributed by atoms with Crippen LogP contribution in [0, 0.1) is 27.7 Å². The van der Waals surface area contributed by atoms with E-state index in [1.165, 1.54) is 0 Å². The van der Waals surface area contributed by atoms with Gasteiger partial charge >= 0.3 is 0 Å². The number of amides is 1. The molecule has 4 nitrogen and oxygen atoms in total. The molecule has 0 aromatic heterocycles. The maximum atomic E-state index is 13.6. The van der Waals surface area contributed by atoms with Crippen molar-refractivity contribution in [3.63, 3.8) is 0 Å². The second kappa shape index (κ2) is 8.30. The van der Waals surface area contributed by atoms with Crippen LogP contribution in [0.5, 0.6) is 0 Å². The summed E-state index contributed by atoms with van der Waals surface area (Å²) in [4.78, 5) is 28.7. The lowest BCUT2D eigenvalue weighted by Crippen LogP contribution is -2.41. The van der Waals surface area contributed by atoms with E-state index in [-0.39, 0.29) is 12.2 Å². The van der Waals surface area contributed by atoms with Crippen LogP contribution < -0.4 is 4.90 Å². The quantitative estimate of drug-likeness (QED) is 0.466. The van der Waals surface area contributed by atoms with Crippen LogP contribution >= 0.6 is 15.9 Å². The molecular weight excluding hydrogens is 466 g/mol. The molecule has 164 valence electrons. The van der Waals surface area contributed by atoms with Gasteiger partial charge in [-0.1, -0.05) is 52.3 Å². The summed E-state index contributed by atoms with van der Waals surface area (Å²) >= 11 is 3.45. The highest BCUT2D eigenvalue weighted by Gasteiger charge is 2.51. The van der Waals surface area contributed by atoms with Gasteiger partial charge in [0.1, 0.15) is 0 Å². The van der Waals surface area contributed by atoms with Gasteiger partial charge in [-0.25, -0.2) is 0 Å². The highest BCUT2D eigenvalue weighted by Crippen LogP contribution is 2.45. The molecule has 0 fully saturated rings. The van der Waals surface area contributed by atoms with Crippen LogP contribution in [0.3, 0.4) is 0 Å². The molecule has 0 spiro atoms. The van der Waals surface area contributed by atoms with Crippen molar-refractivity contribution in [1.82, 2.24) is 0 Å². The fraction of sp³-hybridized carbons (Fsp3) is 0.259. The highest BCUT2D eigenvalue weighted by molar-refractivity contribution is 9.10. The Hall–Kier alpha value is -2.76. The van der Waals surface area contributed by atoms with Crippen molar-refractivity contribution < 1.29 is 14.7 Å². The summed E-state index contributed by atoms with van der Waals surface area (Å²) in [6.45, 7) is 8.11. The van der Waals surface area contributed by atoms with Crippen molar-refractivity contribution >= 4 is 33.3 Å². The minimum Gasteiger partial charge on any atom is -0.375 e. The van der Waals surface area contributed by atoms with Gasteiger partial charge in [0.2, 0.25) is 0 Å². The van der Waals surface area contributed by atoms with E-state index >= 15 is 0 Å². The molecule has 3 aromatic rings. The fourth-order valence-corrected chi connectivity index (χ4v) is 4.93. The molecule has 32 heavy (non-hydrogen) atoms. The topological polar surface area (TPSA) is 57.6 Å². The predicted octanol–water partition coefficient (Wildman–Crippen LogP) is 5.69. The van der Waals surface area contributed by atoms with E-state index in [1.54, 1.807) is 11.0 Å². The maximum absolute atomic E-state index is 13.6. The van der Waals surface area contributed by atoms with Crippen molar-refractivity contribution in [2.75, 3.05) is 4.90 Å². The van der Waals surface area contributed by atoms with Gasteiger partial charge in [0, 0.05) is 15.6 Å².